The molecule has 0 heterocycles. The molecule has 0 saturated carbocycles. The van der Waals surface area contributed by atoms with E-state index in [1.165, 1.54) is 19.1 Å². The standard InChI is InChI=1S/C16H12F3N3O2/c1-10(23)20-12-6-8-14(9-7-12)22-21-13-4-2-11(3-5-13)15(24)16(17,18)19/h2-9H,1H3,(H,20,23). The van der Waals surface area contributed by atoms with Crippen molar-refractivity contribution in [1.29, 1.82) is 0 Å². The molecule has 0 unspecified atom stereocenters. The number of nitrogens with zero attached hydrogens (tertiary/aromatic N) is 2. The number of carbonyl (C=O) groups excluding carboxylic acids is 2. The van der Waals surface area contributed by atoms with Gasteiger partial charge in [-0.05, 0) is 48.5 Å². The van der Waals surface area contributed by atoms with Crippen molar-refractivity contribution in [2.24, 2.45) is 10.2 Å². The van der Waals surface area contributed by atoms with E-state index in [0.717, 1.165) is 12.1 Å². The monoisotopic (exact) mass is 335 g/mol. The number of azo groups is 1. The van der Waals surface area contributed by atoms with Gasteiger partial charge in [0.15, 0.2) is 0 Å². The predicted octanol–water partition coefficient (Wildman–Crippen LogP) is 4.81. The average molecular weight is 335 g/mol. The number of alkyl halides is 3. The summed E-state index contributed by atoms with van der Waals surface area (Å²) in [6.07, 6.45) is -4.90. The molecule has 0 aliphatic rings. The summed E-state index contributed by atoms with van der Waals surface area (Å²) in [6.45, 7) is 1.39. The number of amides is 1. The first-order chi connectivity index (χ1) is 11.3. The number of halogens is 3. The van der Waals surface area contributed by atoms with Crippen molar-refractivity contribution in [2.45, 2.75) is 13.1 Å². The third-order valence-electron chi connectivity index (χ3n) is 2.86. The molecular weight excluding hydrogens is 323 g/mol. The van der Waals surface area contributed by atoms with Crippen molar-refractivity contribution in [3.8, 4) is 0 Å². The first-order valence-corrected chi connectivity index (χ1v) is 6.77. The lowest BCUT2D eigenvalue weighted by molar-refractivity contribution is -0.114. The molecule has 0 aliphatic heterocycles. The largest absolute Gasteiger partial charge is 0.454 e. The molecule has 0 saturated heterocycles. The number of hydrogen-bond donors (Lipinski definition) is 1. The number of ketones is 1. The SMILES string of the molecule is CC(=O)Nc1ccc(N=Nc2ccc(C(=O)C(F)(F)F)cc2)cc1. The Balaban J connectivity index is 2.07. The van der Waals surface area contributed by atoms with Crippen molar-refractivity contribution in [3.63, 3.8) is 0 Å². The van der Waals surface area contributed by atoms with Crippen molar-refractivity contribution < 1.29 is 22.8 Å². The number of rotatable bonds is 4. The second-order valence-electron chi connectivity index (χ2n) is 4.80. The third-order valence-corrected chi connectivity index (χ3v) is 2.86. The Labute approximate surface area is 135 Å². The van der Waals surface area contributed by atoms with E-state index in [1.807, 2.05) is 0 Å². The highest BCUT2D eigenvalue weighted by Crippen LogP contribution is 2.24. The minimum absolute atomic E-state index is 0.196. The van der Waals surface area contributed by atoms with Crippen LogP contribution in [0.5, 0.6) is 0 Å². The first kappa shape index (κ1) is 17.3. The third kappa shape index (κ3) is 4.73. The van der Waals surface area contributed by atoms with Crippen LogP contribution in [0, 0.1) is 0 Å². The minimum atomic E-state index is -4.90. The van der Waals surface area contributed by atoms with Crippen molar-refractivity contribution in [2.75, 3.05) is 5.32 Å². The second-order valence-corrected chi connectivity index (χ2v) is 4.80. The molecule has 0 radical (unpaired) electrons. The summed E-state index contributed by atoms with van der Waals surface area (Å²) in [7, 11) is 0. The molecule has 2 rings (SSSR count). The summed E-state index contributed by atoms with van der Waals surface area (Å²) in [5.41, 5.74) is 0.955. The topological polar surface area (TPSA) is 70.9 Å². The van der Waals surface area contributed by atoms with Crippen molar-refractivity contribution in [3.05, 3.63) is 54.1 Å². The van der Waals surface area contributed by atoms with Gasteiger partial charge in [-0.15, -0.1) is 0 Å². The fourth-order valence-corrected chi connectivity index (χ4v) is 1.77. The maximum absolute atomic E-state index is 12.3. The van der Waals surface area contributed by atoms with E-state index in [0.29, 0.717) is 17.1 Å². The number of carbonyl (C=O) groups is 2. The quantitative estimate of drug-likeness (QED) is 0.643. The van der Waals surface area contributed by atoms with E-state index in [-0.39, 0.29) is 5.91 Å². The summed E-state index contributed by atoms with van der Waals surface area (Å²) in [4.78, 5) is 22.0. The molecular formula is C16H12F3N3O2. The maximum atomic E-state index is 12.3. The smallest absolute Gasteiger partial charge is 0.326 e. The fourth-order valence-electron chi connectivity index (χ4n) is 1.77. The molecule has 24 heavy (non-hydrogen) atoms. The fraction of sp³-hybridized carbons (Fsp3) is 0.125. The van der Waals surface area contributed by atoms with Gasteiger partial charge in [-0.2, -0.15) is 23.4 Å². The van der Waals surface area contributed by atoms with Crippen LogP contribution in [0.15, 0.2) is 58.8 Å². The van der Waals surface area contributed by atoms with Crippen molar-refractivity contribution in [1.82, 2.24) is 0 Å². The van der Waals surface area contributed by atoms with Gasteiger partial charge in [-0.1, -0.05) is 0 Å². The Kier molecular flexibility index (Phi) is 5.08. The molecule has 0 aliphatic carbocycles. The average Bonchev–Trinajstić information content (AvgIpc) is 2.52. The molecule has 0 spiro atoms. The molecule has 0 bridgehead atoms. The van der Waals surface area contributed by atoms with E-state index >= 15 is 0 Å². The van der Waals surface area contributed by atoms with E-state index in [9.17, 15) is 22.8 Å². The summed E-state index contributed by atoms with van der Waals surface area (Å²) in [5.74, 6) is -2.10. The van der Waals surface area contributed by atoms with E-state index in [4.69, 9.17) is 0 Å². The highest BCUT2D eigenvalue weighted by molar-refractivity contribution is 6.00. The zero-order valence-corrected chi connectivity index (χ0v) is 12.5. The minimum Gasteiger partial charge on any atom is -0.326 e. The summed E-state index contributed by atoms with van der Waals surface area (Å²) in [5, 5.41) is 10.4. The number of hydrogen-bond acceptors (Lipinski definition) is 4. The predicted molar refractivity (Wildman–Crippen MR) is 81.7 cm³/mol. The number of Topliss-reactive ketones (excluding diaryl/α,β-unsaturated/α-hetero) is 1. The summed E-state index contributed by atoms with van der Waals surface area (Å²) < 4.78 is 36.9. The van der Waals surface area contributed by atoms with Gasteiger partial charge in [0.25, 0.3) is 5.78 Å². The summed E-state index contributed by atoms with van der Waals surface area (Å²) in [6, 6.07) is 11.2. The lowest BCUT2D eigenvalue weighted by atomic mass is 10.1. The van der Waals surface area contributed by atoms with Crippen molar-refractivity contribution >= 4 is 28.8 Å². The van der Waals surface area contributed by atoms with Gasteiger partial charge in [0.1, 0.15) is 0 Å². The Morgan fingerprint density at radius 2 is 1.33 bits per heavy atom. The Morgan fingerprint density at radius 3 is 1.75 bits per heavy atom. The zero-order chi connectivity index (χ0) is 17.7. The molecule has 2 aromatic rings. The number of anilines is 1. The first-order valence-electron chi connectivity index (χ1n) is 6.77. The van der Waals surface area contributed by atoms with E-state index < -0.39 is 17.5 Å². The van der Waals surface area contributed by atoms with Crippen LogP contribution in [0.3, 0.4) is 0 Å². The highest BCUT2D eigenvalue weighted by Gasteiger charge is 2.39. The Bertz CT molecular complexity index is 767. The van der Waals surface area contributed by atoms with Crippen LogP contribution in [0.1, 0.15) is 17.3 Å². The molecule has 1 amide bonds. The van der Waals surface area contributed by atoms with Crippen LogP contribution in [-0.2, 0) is 4.79 Å². The lowest BCUT2D eigenvalue weighted by Gasteiger charge is -2.04. The molecule has 2 aromatic carbocycles. The van der Waals surface area contributed by atoms with Crippen LogP contribution in [-0.4, -0.2) is 17.9 Å². The van der Waals surface area contributed by atoms with Gasteiger partial charge in [0, 0.05) is 18.2 Å². The zero-order valence-electron chi connectivity index (χ0n) is 12.5. The maximum Gasteiger partial charge on any atom is 0.454 e. The molecule has 1 N–H and O–H groups in total. The van der Waals surface area contributed by atoms with Crippen LogP contribution < -0.4 is 5.32 Å². The number of benzene rings is 2. The summed E-state index contributed by atoms with van der Waals surface area (Å²) >= 11 is 0. The van der Waals surface area contributed by atoms with Gasteiger partial charge < -0.3 is 5.32 Å². The van der Waals surface area contributed by atoms with Gasteiger partial charge in [-0.25, -0.2) is 0 Å². The van der Waals surface area contributed by atoms with Crippen LogP contribution in [0.25, 0.3) is 0 Å². The molecule has 0 atom stereocenters. The molecule has 0 fully saturated rings. The van der Waals surface area contributed by atoms with Gasteiger partial charge in [0.2, 0.25) is 5.91 Å². The van der Waals surface area contributed by atoms with Gasteiger partial charge in [-0.3, -0.25) is 9.59 Å². The van der Waals surface area contributed by atoms with Crippen LogP contribution >= 0.6 is 0 Å². The number of nitrogens with one attached hydrogen (secondary N) is 1. The molecule has 124 valence electrons. The van der Waals surface area contributed by atoms with E-state index in [1.54, 1.807) is 24.3 Å². The Morgan fingerprint density at radius 1 is 0.875 bits per heavy atom. The van der Waals surface area contributed by atoms with Gasteiger partial charge in [0.05, 0.1) is 11.4 Å². The lowest BCUT2D eigenvalue weighted by Crippen LogP contribution is -2.22. The molecule has 8 heteroatoms. The van der Waals surface area contributed by atoms with E-state index in [2.05, 4.69) is 15.5 Å². The van der Waals surface area contributed by atoms with Crippen LogP contribution in [0.2, 0.25) is 0 Å². The molecule has 5 nitrogen and oxygen atoms in total. The molecule has 0 aromatic heterocycles. The normalized spacial score (nSPS) is 11.5. The highest BCUT2D eigenvalue weighted by atomic mass is 19.4. The van der Waals surface area contributed by atoms with Crippen LogP contribution in [0.4, 0.5) is 30.2 Å². The van der Waals surface area contributed by atoms with Gasteiger partial charge >= 0.3 is 6.18 Å². The Hall–Kier alpha value is -3.03. The second kappa shape index (κ2) is 7.03.